The summed E-state index contributed by atoms with van der Waals surface area (Å²) in [5.74, 6) is -0.290. The first kappa shape index (κ1) is 10.2. The lowest BCUT2D eigenvalue weighted by Crippen LogP contribution is -2.35. The van der Waals surface area contributed by atoms with Crippen molar-refractivity contribution in [2.24, 2.45) is 0 Å². The molecule has 0 saturated heterocycles. The van der Waals surface area contributed by atoms with Crippen molar-refractivity contribution < 1.29 is 9.90 Å². The predicted octanol–water partition coefficient (Wildman–Crippen LogP) is 1.61. The zero-order valence-electron chi connectivity index (χ0n) is 8.68. The normalized spacial score (nSPS) is 25.9. The van der Waals surface area contributed by atoms with Gasteiger partial charge < -0.3 is 10.4 Å². The Bertz CT molecular complexity index is 350. The summed E-state index contributed by atoms with van der Waals surface area (Å²) in [5.41, 5.74) is 1.30. The highest BCUT2D eigenvalue weighted by Crippen LogP contribution is 2.40. The number of carboxylic acid groups (broad SMARTS) is 1. The van der Waals surface area contributed by atoms with Gasteiger partial charge in [-0.1, -0.05) is 30.3 Å². The molecule has 1 aromatic carbocycles. The SMILES string of the molecule is CC(NC1CC1c1ccccc1)C(=O)O. The molecule has 1 aliphatic carbocycles. The third-order valence-electron chi connectivity index (χ3n) is 2.85. The van der Waals surface area contributed by atoms with Crippen LogP contribution in [0.4, 0.5) is 0 Å². The zero-order valence-corrected chi connectivity index (χ0v) is 8.68. The molecule has 1 aromatic rings. The molecule has 0 amide bonds. The van der Waals surface area contributed by atoms with Crippen LogP contribution in [0.25, 0.3) is 0 Å². The molecule has 3 atom stereocenters. The molecule has 3 heteroatoms. The predicted molar refractivity (Wildman–Crippen MR) is 57.8 cm³/mol. The maximum atomic E-state index is 10.6. The molecule has 0 heterocycles. The van der Waals surface area contributed by atoms with Gasteiger partial charge in [-0.3, -0.25) is 4.79 Å². The molecule has 2 N–H and O–H groups in total. The third-order valence-corrected chi connectivity index (χ3v) is 2.85. The fourth-order valence-electron chi connectivity index (χ4n) is 1.84. The molecule has 1 fully saturated rings. The van der Waals surface area contributed by atoms with Gasteiger partial charge in [0.15, 0.2) is 0 Å². The standard InChI is InChI=1S/C12H15NO2/c1-8(12(14)15)13-11-7-10(11)9-5-3-2-4-6-9/h2-6,8,10-11,13H,7H2,1H3,(H,14,15). The minimum absolute atomic E-state index is 0.332. The molecule has 1 saturated carbocycles. The molecule has 1 aliphatic rings. The summed E-state index contributed by atoms with van der Waals surface area (Å²) in [6, 6.07) is 10.1. The van der Waals surface area contributed by atoms with Gasteiger partial charge in [0.1, 0.15) is 6.04 Å². The van der Waals surface area contributed by atoms with Crippen molar-refractivity contribution in [3.63, 3.8) is 0 Å². The molecule has 80 valence electrons. The Hall–Kier alpha value is -1.35. The first-order valence-corrected chi connectivity index (χ1v) is 5.22. The summed E-state index contributed by atoms with van der Waals surface area (Å²) in [6.45, 7) is 1.68. The van der Waals surface area contributed by atoms with E-state index in [1.807, 2.05) is 18.2 Å². The van der Waals surface area contributed by atoms with E-state index in [4.69, 9.17) is 5.11 Å². The van der Waals surface area contributed by atoms with E-state index in [0.717, 1.165) is 6.42 Å². The average Bonchev–Trinajstić information content (AvgIpc) is 2.98. The van der Waals surface area contributed by atoms with E-state index in [1.54, 1.807) is 6.92 Å². The first-order valence-electron chi connectivity index (χ1n) is 5.22. The second-order valence-corrected chi connectivity index (χ2v) is 4.09. The highest BCUT2D eigenvalue weighted by atomic mass is 16.4. The molecular weight excluding hydrogens is 190 g/mol. The molecule has 3 unspecified atom stereocenters. The topological polar surface area (TPSA) is 49.3 Å². The second-order valence-electron chi connectivity index (χ2n) is 4.09. The Balaban J connectivity index is 1.89. The van der Waals surface area contributed by atoms with Crippen molar-refractivity contribution in [2.45, 2.75) is 31.3 Å². The number of carboxylic acids is 1. The van der Waals surface area contributed by atoms with Gasteiger partial charge in [0.2, 0.25) is 0 Å². The summed E-state index contributed by atoms with van der Waals surface area (Å²) in [7, 11) is 0. The summed E-state index contributed by atoms with van der Waals surface area (Å²) in [4.78, 5) is 10.6. The van der Waals surface area contributed by atoms with Crippen LogP contribution >= 0.6 is 0 Å². The van der Waals surface area contributed by atoms with Crippen molar-refractivity contribution in [3.8, 4) is 0 Å². The van der Waals surface area contributed by atoms with Crippen LogP contribution in [-0.4, -0.2) is 23.2 Å². The van der Waals surface area contributed by atoms with Gasteiger partial charge >= 0.3 is 5.97 Å². The fourth-order valence-corrected chi connectivity index (χ4v) is 1.84. The molecule has 2 rings (SSSR count). The first-order chi connectivity index (χ1) is 7.18. The van der Waals surface area contributed by atoms with E-state index >= 15 is 0 Å². The van der Waals surface area contributed by atoms with Gasteiger partial charge in [0, 0.05) is 12.0 Å². The third kappa shape index (κ3) is 2.36. The summed E-state index contributed by atoms with van der Waals surface area (Å²) < 4.78 is 0. The number of nitrogens with one attached hydrogen (secondary N) is 1. The second kappa shape index (κ2) is 4.03. The number of hydrogen-bond acceptors (Lipinski definition) is 2. The van der Waals surface area contributed by atoms with Crippen LogP contribution in [-0.2, 0) is 4.79 Å². The Morgan fingerprint density at radius 1 is 1.47 bits per heavy atom. The summed E-state index contributed by atoms with van der Waals surface area (Å²) in [6.07, 6.45) is 1.04. The van der Waals surface area contributed by atoms with Gasteiger partial charge in [-0.2, -0.15) is 0 Å². The van der Waals surface area contributed by atoms with Gasteiger partial charge in [-0.25, -0.2) is 0 Å². The van der Waals surface area contributed by atoms with E-state index < -0.39 is 12.0 Å². The Morgan fingerprint density at radius 3 is 2.73 bits per heavy atom. The highest BCUT2D eigenvalue weighted by Gasteiger charge is 2.39. The van der Waals surface area contributed by atoms with Crippen LogP contribution in [0, 0.1) is 0 Å². The molecule has 3 nitrogen and oxygen atoms in total. The average molecular weight is 205 g/mol. The number of aliphatic carboxylic acids is 1. The van der Waals surface area contributed by atoms with E-state index in [1.165, 1.54) is 5.56 Å². The maximum absolute atomic E-state index is 10.6. The van der Waals surface area contributed by atoms with Crippen molar-refractivity contribution in [3.05, 3.63) is 35.9 Å². The van der Waals surface area contributed by atoms with Gasteiger partial charge in [-0.15, -0.1) is 0 Å². The minimum atomic E-state index is -0.784. The molecule has 0 aromatic heterocycles. The quantitative estimate of drug-likeness (QED) is 0.785. The van der Waals surface area contributed by atoms with E-state index in [-0.39, 0.29) is 0 Å². The molecule has 0 bridgehead atoms. The monoisotopic (exact) mass is 205 g/mol. The van der Waals surface area contributed by atoms with E-state index in [9.17, 15) is 4.79 Å². The Morgan fingerprint density at radius 2 is 2.13 bits per heavy atom. The Labute approximate surface area is 89.1 Å². The molecule has 0 radical (unpaired) electrons. The van der Waals surface area contributed by atoms with E-state index in [2.05, 4.69) is 17.4 Å². The lowest BCUT2D eigenvalue weighted by Gasteiger charge is -2.08. The summed E-state index contributed by atoms with van der Waals surface area (Å²) >= 11 is 0. The van der Waals surface area contributed by atoms with Crippen LogP contribution in [0.2, 0.25) is 0 Å². The Kier molecular flexibility index (Phi) is 2.73. The van der Waals surface area contributed by atoms with Crippen LogP contribution in [0.1, 0.15) is 24.8 Å². The smallest absolute Gasteiger partial charge is 0.320 e. The van der Waals surface area contributed by atoms with Crippen LogP contribution < -0.4 is 5.32 Å². The van der Waals surface area contributed by atoms with Crippen LogP contribution in [0.3, 0.4) is 0 Å². The van der Waals surface area contributed by atoms with Crippen LogP contribution in [0.5, 0.6) is 0 Å². The van der Waals surface area contributed by atoms with Crippen molar-refractivity contribution in [1.82, 2.24) is 5.32 Å². The fraction of sp³-hybridized carbons (Fsp3) is 0.417. The number of hydrogen-bond donors (Lipinski definition) is 2. The molecule has 15 heavy (non-hydrogen) atoms. The van der Waals surface area contributed by atoms with Crippen molar-refractivity contribution in [2.75, 3.05) is 0 Å². The van der Waals surface area contributed by atoms with Gasteiger partial charge in [-0.05, 0) is 18.9 Å². The summed E-state index contributed by atoms with van der Waals surface area (Å²) in [5, 5.41) is 11.9. The lowest BCUT2D eigenvalue weighted by molar-refractivity contribution is -0.139. The number of benzene rings is 1. The molecule has 0 aliphatic heterocycles. The van der Waals surface area contributed by atoms with Crippen molar-refractivity contribution in [1.29, 1.82) is 0 Å². The number of carbonyl (C=O) groups is 1. The highest BCUT2D eigenvalue weighted by molar-refractivity contribution is 5.73. The maximum Gasteiger partial charge on any atom is 0.320 e. The van der Waals surface area contributed by atoms with Gasteiger partial charge in [0.05, 0.1) is 0 Å². The molecular formula is C12H15NO2. The molecule has 0 spiro atoms. The van der Waals surface area contributed by atoms with E-state index in [0.29, 0.717) is 12.0 Å². The number of rotatable bonds is 4. The minimum Gasteiger partial charge on any atom is -0.480 e. The van der Waals surface area contributed by atoms with Gasteiger partial charge in [0.25, 0.3) is 0 Å². The largest absolute Gasteiger partial charge is 0.480 e. The lowest BCUT2D eigenvalue weighted by atomic mass is 10.1. The van der Waals surface area contributed by atoms with Crippen molar-refractivity contribution >= 4 is 5.97 Å². The van der Waals surface area contributed by atoms with Crippen LogP contribution in [0.15, 0.2) is 30.3 Å². The zero-order chi connectivity index (χ0) is 10.8.